The predicted octanol–water partition coefficient (Wildman–Crippen LogP) is 1.06. The summed E-state index contributed by atoms with van der Waals surface area (Å²) in [6, 6.07) is 0. The number of anilines is 3. The van der Waals surface area contributed by atoms with Crippen molar-refractivity contribution in [1.82, 2.24) is 18.7 Å². The van der Waals surface area contributed by atoms with Gasteiger partial charge in [-0.2, -0.15) is 18.7 Å². The van der Waals surface area contributed by atoms with Gasteiger partial charge in [-0.1, -0.05) is 11.3 Å². The number of fused-ring (bicyclic) bond motifs is 1. The highest BCUT2D eigenvalue weighted by Crippen LogP contribution is 2.32. The van der Waals surface area contributed by atoms with E-state index in [-0.39, 0.29) is 16.7 Å². The van der Waals surface area contributed by atoms with Gasteiger partial charge < -0.3 is 25.6 Å². The van der Waals surface area contributed by atoms with Crippen LogP contribution in [0.3, 0.4) is 0 Å². The Morgan fingerprint density at radius 2 is 1.96 bits per heavy atom. The Morgan fingerprint density at radius 1 is 1.22 bits per heavy atom. The third kappa shape index (κ3) is 2.35. The zero-order valence-electron chi connectivity index (χ0n) is 11.8. The smallest absolute Gasteiger partial charge is 0.367 e. The molecule has 1 fully saturated rings. The summed E-state index contributed by atoms with van der Waals surface area (Å²) in [4.78, 5) is 24.3. The molecule has 0 aromatic carbocycles. The molecule has 0 unspecified atom stereocenters. The van der Waals surface area contributed by atoms with Gasteiger partial charge in [-0.25, -0.2) is 0 Å². The lowest BCUT2D eigenvalue weighted by atomic mass is 10.3. The van der Waals surface area contributed by atoms with Gasteiger partial charge in [0.25, 0.3) is 4.96 Å². The maximum absolute atomic E-state index is 11.4. The summed E-state index contributed by atoms with van der Waals surface area (Å²) >= 11 is 2.65. The molecule has 1 aliphatic rings. The summed E-state index contributed by atoms with van der Waals surface area (Å²) in [5.41, 5.74) is 5.55. The molecule has 1 saturated heterocycles. The lowest BCUT2D eigenvalue weighted by Gasteiger charge is -2.33. The number of hydrogen-bond acceptors (Lipinski definition) is 10. The molecule has 120 valence electrons. The SMILES string of the molecule is Nc1nsc(N2CCN(c3nc4sccn4c3[N+](=O)[O-])CC2)n1. The minimum absolute atomic E-state index is 0.0230. The number of nitrogen functional groups attached to an aromatic ring is 1. The van der Waals surface area contributed by atoms with Crippen LogP contribution in [0.1, 0.15) is 0 Å². The normalized spacial score (nSPS) is 15.5. The quantitative estimate of drug-likeness (QED) is 0.549. The number of aromatic nitrogens is 4. The van der Waals surface area contributed by atoms with Gasteiger partial charge in [-0.15, -0.1) is 0 Å². The Morgan fingerprint density at radius 3 is 2.61 bits per heavy atom. The molecule has 0 saturated carbocycles. The summed E-state index contributed by atoms with van der Waals surface area (Å²) in [6.07, 6.45) is 1.68. The van der Waals surface area contributed by atoms with Crippen LogP contribution in [0.15, 0.2) is 11.6 Å². The van der Waals surface area contributed by atoms with Crippen LogP contribution in [0.4, 0.5) is 22.7 Å². The van der Waals surface area contributed by atoms with Crippen LogP contribution >= 0.6 is 22.9 Å². The molecule has 1 aliphatic heterocycles. The number of piperazine rings is 1. The first kappa shape index (κ1) is 14.1. The van der Waals surface area contributed by atoms with Gasteiger partial charge >= 0.3 is 5.82 Å². The third-order valence-corrected chi connectivity index (χ3v) is 5.22. The van der Waals surface area contributed by atoms with Crippen LogP contribution in [-0.2, 0) is 0 Å². The van der Waals surface area contributed by atoms with E-state index in [1.54, 1.807) is 11.6 Å². The molecule has 0 amide bonds. The van der Waals surface area contributed by atoms with Crippen LogP contribution in [0, 0.1) is 10.1 Å². The van der Waals surface area contributed by atoms with Crippen LogP contribution in [0.5, 0.6) is 0 Å². The average molecular weight is 352 g/mol. The van der Waals surface area contributed by atoms with Crippen molar-refractivity contribution < 1.29 is 4.92 Å². The Balaban J connectivity index is 1.57. The van der Waals surface area contributed by atoms with E-state index < -0.39 is 0 Å². The Bertz CT molecular complexity index is 863. The highest BCUT2D eigenvalue weighted by Gasteiger charge is 2.30. The molecule has 0 aliphatic carbocycles. The molecule has 0 spiro atoms. The van der Waals surface area contributed by atoms with Gasteiger partial charge in [0.2, 0.25) is 16.9 Å². The second-order valence-electron chi connectivity index (χ2n) is 4.98. The van der Waals surface area contributed by atoms with E-state index in [1.165, 1.54) is 27.3 Å². The van der Waals surface area contributed by atoms with E-state index in [9.17, 15) is 10.1 Å². The highest BCUT2D eigenvalue weighted by atomic mass is 32.1. The third-order valence-electron chi connectivity index (χ3n) is 3.67. The summed E-state index contributed by atoms with van der Waals surface area (Å²) in [5, 5.41) is 14.0. The minimum Gasteiger partial charge on any atom is -0.367 e. The molecule has 0 atom stereocenters. The fraction of sp³-hybridized carbons (Fsp3) is 0.364. The molecule has 0 bridgehead atoms. The first-order chi connectivity index (χ1) is 11.1. The van der Waals surface area contributed by atoms with E-state index >= 15 is 0 Å². The van der Waals surface area contributed by atoms with Crippen molar-refractivity contribution in [2.75, 3.05) is 41.7 Å². The van der Waals surface area contributed by atoms with Gasteiger partial charge in [0, 0.05) is 43.1 Å². The molecule has 4 rings (SSSR count). The van der Waals surface area contributed by atoms with E-state index in [4.69, 9.17) is 5.73 Å². The van der Waals surface area contributed by atoms with Crippen molar-refractivity contribution in [2.24, 2.45) is 0 Å². The lowest BCUT2D eigenvalue weighted by molar-refractivity contribution is -0.389. The van der Waals surface area contributed by atoms with Crippen molar-refractivity contribution in [3.8, 4) is 0 Å². The van der Waals surface area contributed by atoms with E-state index in [1.807, 2.05) is 4.90 Å². The van der Waals surface area contributed by atoms with Gasteiger partial charge in [-0.3, -0.25) is 0 Å². The average Bonchev–Trinajstić information content (AvgIpc) is 3.21. The summed E-state index contributed by atoms with van der Waals surface area (Å²) in [5.74, 6) is 0.727. The molecule has 2 N–H and O–H groups in total. The first-order valence-electron chi connectivity index (χ1n) is 6.82. The minimum atomic E-state index is -0.375. The summed E-state index contributed by atoms with van der Waals surface area (Å²) in [7, 11) is 0. The fourth-order valence-electron chi connectivity index (χ4n) is 2.61. The van der Waals surface area contributed by atoms with Gasteiger partial charge in [0.05, 0.1) is 0 Å². The number of hydrogen-bond donors (Lipinski definition) is 1. The van der Waals surface area contributed by atoms with Crippen molar-refractivity contribution in [3.05, 3.63) is 21.7 Å². The molecule has 0 radical (unpaired) electrons. The van der Waals surface area contributed by atoms with Gasteiger partial charge in [-0.05, 0) is 4.92 Å². The largest absolute Gasteiger partial charge is 0.373 e. The van der Waals surface area contributed by atoms with Crippen LogP contribution in [0.25, 0.3) is 4.96 Å². The highest BCUT2D eigenvalue weighted by molar-refractivity contribution is 7.15. The molecular formula is C11H12N8O2S2. The van der Waals surface area contributed by atoms with Crippen LogP contribution < -0.4 is 15.5 Å². The number of thiazole rings is 1. The summed E-state index contributed by atoms with van der Waals surface area (Å²) < 4.78 is 5.50. The van der Waals surface area contributed by atoms with Crippen molar-refractivity contribution in [2.45, 2.75) is 0 Å². The second kappa shape index (κ2) is 5.31. The van der Waals surface area contributed by atoms with Gasteiger partial charge in [0.1, 0.15) is 6.20 Å². The Labute approximate surface area is 138 Å². The van der Waals surface area contributed by atoms with E-state index in [0.717, 1.165) is 5.13 Å². The molecule has 10 nitrogen and oxygen atoms in total. The molecular weight excluding hydrogens is 340 g/mol. The zero-order valence-corrected chi connectivity index (χ0v) is 13.5. The monoisotopic (exact) mass is 352 g/mol. The standard InChI is InChI=1S/C11H12N8O2S2/c12-9-14-10(23-15-9)17-3-1-16(2-4-17)7-8(19(20)21)18-5-6-22-11(18)13-7/h5-6H,1-4H2,(H2,12,15). The fourth-order valence-corrected chi connectivity index (χ4v) is 3.96. The predicted molar refractivity (Wildman–Crippen MR) is 88.5 cm³/mol. The van der Waals surface area contributed by atoms with Crippen molar-refractivity contribution in [3.63, 3.8) is 0 Å². The van der Waals surface area contributed by atoms with Crippen LogP contribution in [-0.4, -0.2) is 49.8 Å². The van der Waals surface area contributed by atoms with Gasteiger partial charge in [0.15, 0.2) is 0 Å². The molecule has 12 heteroatoms. The maximum atomic E-state index is 11.4. The number of imidazole rings is 1. The molecule has 4 heterocycles. The second-order valence-corrected chi connectivity index (χ2v) is 6.58. The first-order valence-corrected chi connectivity index (χ1v) is 8.48. The zero-order chi connectivity index (χ0) is 16.0. The van der Waals surface area contributed by atoms with Crippen LogP contribution in [0.2, 0.25) is 0 Å². The molecule has 3 aromatic heterocycles. The number of nitrogens with two attached hydrogens (primary N) is 1. The topological polar surface area (TPSA) is 119 Å². The van der Waals surface area contributed by atoms with Crippen molar-refractivity contribution in [1.29, 1.82) is 0 Å². The number of rotatable bonds is 3. The Kier molecular flexibility index (Phi) is 3.27. The Hall–Kier alpha value is -2.47. The lowest BCUT2D eigenvalue weighted by Crippen LogP contribution is -2.46. The maximum Gasteiger partial charge on any atom is 0.373 e. The molecule has 3 aromatic rings. The van der Waals surface area contributed by atoms with Crippen molar-refractivity contribution >= 4 is 50.5 Å². The number of nitro groups is 1. The van der Waals surface area contributed by atoms with E-state index in [0.29, 0.717) is 37.0 Å². The van der Waals surface area contributed by atoms with E-state index in [2.05, 4.69) is 19.2 Å². The number of nitrogens with zero attached hydrogens (tertiary/aromatic N) is 7. The summed E-state index contributed by atoms with van der Waals surface area (Å²) in [6.45, 7) is 2.64. The molecule has 23 heavy (non-hydrogen) atoms.